The van der Waals surface area contributed by atoms with E-state index in [1.807, 2.05) is 27.7 Å². The molecule has 0 unspecified atom stereocenters. The zero-order chi connectivity index (χ0) is 15.9. The molecule has 0 saturated carbocycles. The topological polar surface area (TPSA) is 75.5 Å². The van der Waals surface area contributed by atoms with Crippen molar-refractivity contribution in [2.45, 2.75) is 46.3 Å². The molecule has 0 saturated heterocycles. The molecule has 21 heavy (non-hydrogen) atoms. The minimum absolute atomic E-state index is 0.269. The number of aromatic nitrogens is 3. The molecule has 0 aliphatic rings. The lowest BCUT2D eigenvalue weighted by molar-refractivity contribution is 0.00618. The van der Waals surface area contributed by atoms with E-state index < -0.39 is 11.6 Å². The number of rotatable bonds is 8. The van der Waals surface area contributed by atoms with Crippen LogP contribution in [-0.4, -0.2) is 53.5 Å². The van der Waals surface area contributed by atoms with Crippen molar-refractivity contribution in [3.05, 3.63) is 11.4 Å². The number of hydrogen-bond donors (Lipinski definition) is 0. The molecule has 1 rings (SSSR count). The highest BCUT2D eigenvalue weighted by Gasteiger charge is 2.23. The molecule has 0 aliphatic carbocycles. The number of aryl methyl sites for hydroxylation is 1. The van der Waals surface area contributed by atoms with Gasteiger partial charge in [0.05, 0.1) is 18.9 Å². The van der Waals surface area contributed by atoms with Crippen LogP contribution in [0.5, 0.6) is 0 Å². The third-order valence-electron chi connectivity index (χ3n) is 2.67. The molecular formula is C14H25N3O4. The number of hydrogen-bond acceptors (Lipinski definition) is 6. The van der Waals surface area contributed by atoms with Gasteiger partial charge in [0.2, 0.25) is 0 Å². The molecule has 0 bridgehead atoms. The summed E-state index contributed by atoms with van der Waals surface area (Å²) in [5.41, 5.74) is 0.439. The molecule has 7 nitrogen and oxygen atoms in total. The Bertz CT molecular complexity index is 452. The Hall–Kier alpha value is -1.47. The molecule has 0 spiro atoms. The largest absolute Gasteiger partial charge is 0.455 e. The molecule has 120 valence electrons. The van der Waals surface area contributed by atoms with Crippen molar-refractivity contribution in [1.82, 2.24) is 15.0 Å². The predicted molar refractivity (Wildman–Crippen MR) is 77.2 cm³/mol. The molecule has 0 radical (unpaired) electrons. The van der Waals surface area contributed by atoms with Crippen LogP contribution in [0.2, 0.25) is 0 Å². The quantitative estimate of drug-likeness (QED) is 0.536. The van der Waals surface area contributed by atoms with Gasteiger partial charge in [0, 0.05) is 20.3 Å². The summed E-state index contributed by atoms with van der Waals surface area (Å²) in [4.78, 5) is 12.0. The smallest absolute Gasteiger partial charge is 0.361 e. The van der Waals surface area contributed by atoms with Gasteiger partial charge in [-0.3, -0.25) is 0 Å². The number of esters is 1. The first-order valence-corrected chi connectivity index (χ1v) is 7.05. The molecule has 0 aromatic carbocycles. The van der Waals surface area contributed by atoms with Crippen LogP contribution in [0.3, 0.4) is 0 Å². The Balaban J connectivity index is 2.46. The van der Waals surface area contributed by atoms with Gasteiger partial charge < -0.3 is 14.2 Å². The molecule has 0 aliphatic heterocycles. The van der Waals surface area contributed by atoms with E-state index in [4.69, 9.17) is 14.2 Å². The molecule has 0 N–H and O–H groups in total. The van der Waals surface area contributed by atoms with Gasteiger partial charge in [-0.1, -0.05) is 5.21 Å². The lowest BCUT2D eigenvalue weighted by Crippen LogP contribution is -2.24. The Kier molecular flexibility index (Phi) is 6.77. The van der Waals surface area contributed by atoms with Crippen molar-refractivity contribution in [2.75, 3.05) is 26.9 Å². The van der Waals surface area contributed by atoms with Crippen LogP contribution in [-0.2, 0) is 20.8 Å². The van der Waals surface area contributed by atoms with Crippen molar-refractivity contribution >= 4 is 5.97 Å². The monoisotopic (exact) mass is 299 g/mol. The Morgan fingerprint density at radius 3 is 2.57 bits per heavy atom. The maximum atomic E-state index is 12.0. The molecule has 1 aromatic rings. The third kappa shape index (κ3) is 6.22. The van der Waals surface area contributed by atoms with Crippen LogP contribution in [0.1, 0.15) is 43.4 Å². The third-order valence-corrected chi connectivity index (χ3v) is 2.67. The second-order valence-corrected chi connectivity index (χ2v) is 5.71. The minimum atomic E-state index is -0.539. The summed E-state index contributed by atoms with van der Waals surface area (Å²) in [7, 11) is 1.64. The Morgan fingerprint density at radius 1 is 1.24 bits per heavy atom. The highest BCUT2D eigenvalue weighted by Crippen LogP contribution is 2.13. The molecule has 7 heteroatoms. The molecule has 0 atom stereocenters. The minimum Gasteiger partial charge on any atom is -0.455 e. The summed E-state index contributed by atoms with van der Waals surface area (Å²) >= 11 is 0. The number of carbonyl (C=O) groups excluding carboxylic acids is 1. The number of carbonyl (C=O) groups is 1. The average Bonchev–Trinajstić information content (AvgIpc) is 2.73. The zero-order valence-corrected chi connectivity index (χ0v) is 13.5. The van der Waals surface area contributed by atoms with Gasteiger partial charge in [-0.25, -0.2) is 9.48 Å². The summed E-state index contributed by atoms with van der Waals surface area (Å²) in [5, 5.41) is 7.89. The van der Waals surface area contributed by atoms with Crippen molar-refractivity contribution in [3.63, 3.8) is 0 Å². The normalized spacial score (nSPS) is 11.7. The lowest BCUT2D eigenvalue weighted by Gasteiger charge is -2.18. The SMILES string of the molecule is COCCOCCCn1nnc(C(=O)OC(C)(C)C)c1C. The van der Waals surface area contributed by atoms with E-state index in [1.54, 1.807) is 11.8 Å². The van der Waals surface area contributed by atoms with Gasteiger partial charge >= 0.3 is 5.97 Å². The first-order valence-electron chi connectivity index (χ1n) is 7.05. The number of methoxy groups -OCH3 is 1. The first kappa shape index (κ1) is 17.6. The van der Waals surface area contributed by atoms with Gasteiger partial charge in [0.25, 0.3) is 0 Å². The molecular weight excluding hydrogens is 274 g/mol. The zero-order valence-electron chi connectivity index (χ0n) is 13.5. The fourth-order valence-corrected chi connectivity index (χ4v) is 1.65. The highest BCUT2D eigenvalue weighted by atomic mass is 16.6. The van der Waals surface area contributed by atoms with Crippen molar-refractivity contribution in [3.8, 4) is 0 Å². The van der Waals surface area contributed by atoms with Crippen LogP contribution in [0, 0.1) is 6.92 Å². The lowest BCUT2D eigenvalue weighted by atomic mass is 10.2. The predicted octanol–water partition coefficient (Wildman–Crippen LogP) is 1.59. The summed E-state index contributed by atoms with van der Waals surface area (Å²) in [6, 6.07) is 0. The van der Waals surface area contributed by atoms with Crippen LogP contribution in [0.15, 0.2) is 0 Å². The van der Waals surface area contributed by atoms with Gasteiger partial charge in [-0.15, -0.1) is 5.10 Å². The van der Waals surface area contributed by atoms with E-state index in [9.17, 15) is 4.79 Å². The fourth-order valence-electron chi connectivity index (χ4n) is 1.65. The van der Waals surface area contributed by atoms with E-state index in [2.05, 4.69) is 10.3 Å². The van der Waals surface area contributed by atoms with E-state index >= 15 is 0 Å². The standard InChI is InChI=1S/C14H25N3O4/c1-11-12(13(18)21-14(2,3)4)15-16-17(11)7-6-8-20-10-9-19-5/h6-10H2,1-5H3. The summed E-state index contributed by atoms with van der Waals surface area (Å²) in [5.74, 6) is -0.442. The first-order chi connectivity index (χ1) is 9.85. The van der Waals surface area contributed by atoms with Gasteiger partial charge in [-0.2, -0.15) is 0 Å². The summed E-state index contributed by atoms with van der Waals surface area (Å²) in [6.07, 6.45) is 0.793. The maximum Gasteiger partial charge on any atom is 0.361 e. The fraction of sp³-hybridized carbons (Fsp3) is 0.786. The van der Waals surface area contributed by atoms with Gasteiger partial charge in [0.1, 0.15) is 5.60 Å². The van der Waals surface area contributed by atoms with Crippen molar-refractivity contribution in [2.24, 2.45) is 0 Å². The molecule has 1 heterocycles. The summed E-state index contributed by atoms with van der Waals surface area (Å²) < 4.78 is 17.3. The van der Waals surface area contributed by atoms with Crippen LogP contribution in [0.4, 0.5) is 0 Å². The number of nitrogens with zero attached hydrogens (tertiary/aromatic N) is 3. The van der Waals surface area contributed by atoms with E-state index in [0.29, 0.717) is 32.1 Å². The van der Waals surface area contributed by atoms with Crippen molar-refractivity contribution in [1.29, 1.82) is 0 Å². The van der Waals surface area contributed by atoms with E-state index in [1.165, 1.54) is 0 Å². The molecule has 1 aromatic heterocycles. The average molecular weight is 299 g/mol. The second kappa shape index (κ2) is 8.09. The summed E-state index contributed by atoms with van der Waals surface area (Å²) in [6.45, 7) is 9.71. The van der Waals surface area contributed by atoms with E-state index in [-0.39, 0.29) is 5.69 Å². The van der Waals surface area contributed by atoms with Gasteiger partial charge in [0.15, 0.2) is 5.69 Å². The second-order valence-electron chi connectivity index (χ2n) is 5.71. The molecule has 0 amide bonds. The van der Waals surface area contributed by atoms with Gasteiger partial charge in [-0.05, 0) is 34.1 Å². The maximum absolute atomic E-state index is 12.0. The van der Waals surface area contributed by atoms with Crippen LogP contribution < -0.4 is 0 Å². The molecule has 0 fully saturated rings. The van der Waals surface area contributed by atoms with Crippen molar-refractivity contribution < 1.29 is 19.0 Å². The van der Waals surface area contributed by atoms with Crippen LogP contribution >= 0.6 is 0 Å². The Morgan fingerprint density at radius 2 is 1.95 bits per heavy atom. The number of ether oxygens (including phenoxy) is 3. The Labute approximate surface area is 125 Å². The van der Waals surface area contributed by atoms with Crippen LogP contribution in [0.25, 0.3) is 0 Å². The highest BCUT2D eigenvalue weighted by molar-refractivity contribution is 5.88. The van der Waals surface area contributed by atoms with E-state index in [0.717, 1.165) is 6.42 Å².